The van der Waals surface area contributed by atoms with Gasteiger partial charge in [0.1, 0.15) is 5.76 Å². The number of rotatable bonds is 5. The summed E-state index contributed by atoms with van der Waals surface area (Å²) >= 11 is 0. The Hall–Kier alpha value is -2.14. The fourth-order valence-corrected chi connectivity index (χ4v) is 3.38. The van der Waals surface area contributed by atoms with Gasteiger partial charge in [-0.05, 0) is 32.3 Å². The van der Waals surface area contributed by atoms with Gasteiger partial charge in [-0.1, -0.05) is 41.9 Å². The number of aromatic nitrogens is 1. The first-order valence-corrected chi connectivity index (χ1v) is 9.00. The van der Waals surface area contributed by atoms with E-state index in [4.69, 9.17) is 9.26 Å². The SMILES string of the molecule is CCc1onc(C)c1CNC(=O)[C@@H]1CCCO[C@H]1c1ccc(C)cc1. The maximum absolute atomic E-state index is 12.8. The Kier molecular flexibility index (Phi) is 5.53. The van der Waals surface area contributed by atoms with Crippen molar-refractivity contribution in [3.63, 3.8) is 0 Å². The van der Waals surface area contributed by atoms with Crippen LogP contribution < -0.4 is 5.32 Å². The molecule has 1 N–H and O–H groups in total. The number of carbonyl (C=O) groups excluding carboxylic acids is 1. The highest BCUT2D eigenvalue weighted by Crippen LogP contribution is 2.34. The molecule has 1 aliphatic rings. The van der Waals surface area contributed by atoms with Crippen LogP contribution in [0, 0.1) is 19.8 Å². The zero-order valence-electron chi connectivity index (χ0n) is 15.2. The third-order valence-corrected chi connectivity index (χ3v) is 4.89. The summed E-state index contributed by atoms with van der Waals surface area (Å²) in [6.07, 6.45) is 2.34. The summed E-state index contributed by atoms with van der Waals surface area (Å²) < 4.78 is 11.2. The van der Waals surface area contributed by atoms with E-state index < -0.39 is 0 Å². The Morgan fingerprint density at radius 2 is 2.04 bits per heavy atom. The lowest BCUT2D eigenvalue weighted by Crippen LogP contribution is -2.37. The predicted octanol–water partition coefficient (Wildman–Crippen LogP) is 3.64. The lowest BCUT2D eigenvalue weighted by molar-refractivity contribution is -0.134. The van der Waals surface area contributed by atoms with Crippen LogP contribution >= 0.6 is 0 Å². The molecule has 1 saturated heterocycles. The molecule has 0 unspecified atom stereocenters. The van der Waals surface area contributed by atoms with Crippen LogP contribution in [-0.4, -0.2) is 17.7 Å². The van der Waals surface area contributed by atoms with Gasteiger partial charge < -0.3 is 14.6 Å². The summed E-state index contributed by atoms with van der Waals surface area (Å²) in [5, 5.41) is 7.06. The van der Waals surface area contributed by atoms with Gasteiger partial charge in [0.2, 0.25) is 5.91 Å². The first-order valence-electron chi connectivity index (χ1n) is 9.00. The number of ether oxygens (including phenoxy) is 1. The van der Waals surface area contributed by atoms with E-state index in [1.807, 2.05) is 13.8 Å². The van der Waals surface area contributed by atoms with Crippen LogP contribution in [0.3, 0.4) is 0 Å². The number of aryl methyl sites for hydroxylation is 3. The molecule has 134 valence electrons. The lowest BCUT2D eigenvalue weighted by atomic mass is 9.88. The second-order valence-corrected chi connectivity index (χ2v) is 6.69. The Bertz CT molecular complexity index is 721. The second-order valence-electron chi connectivity index (χ2n) is 6.69. The molecule has 1 aromatic carbocycles. The second kappa shape index (κ2) is 7.83. The molecule has 5 heteroatoms. The molecule has 0 radical (unpaired) electrons. The fourth-order valence-electron chi connectivity index (χ4n) is 3.38. The molecule has 3 rings (SSSR count). The van der Waals surface area contributed by atoms with E-state index in [1.54, 1.807) is 0 Å². The van der Waals surface area contributed by atoms with Crippen LogP contribution in [-0.2, 0) is 22.5 Å². The Balaban J connectivity index is 1.70. The van der Waals surface area contributed by atoms with Crippen molar-refractivity contribution in [3.05, 3.63) is 52.4 Å². The molecule has 0 saturated carbocycles. The van der Waals surface area contributed by atoms with Crippen molar-refractivity contribution in [3.8, 4) is 0 Å². The number of carbonyl (C=O) groups is 1. The minimum atomic E-state index is -0.177. The zero-order chi connectivity index (χ0) is 17.8. The largest absolute Gasteiger partial charge is 0.373 e. The van der Waals surface area contributed by atoms with E-state index >= 15 is 0 Å². The van der Waals surface area contributed by atoms with Crippen molar-refractivity contribution in [1.82, 2.24) is 10.5 Å². The summed E-state index contributed by atoms with van der Waals surface area (Å²) in [6, 6.07) is 8.25. The average molecular weight is 342 g/mol. The van der Waals surface area contributed by atoms with E-state index in [9.17, 15) is 4.79 Å². The van der Waals surface area contributed by atoms with Gasteiger partial charge in [-0.2, -0.15) is 0 Å². The molecule has 2 aromatic rings. The third kappa shape index (κ3) is 3.93. The van der Waals surface area contributed by atoms with E-state index in [2.05, 4.69) is 41.7 Å². The molecule has 25 heavy (non-hydrogen) atoms. The zero-order valence-corrected chi connectivity index (χ0v) is 15.2. The van der Waals surface area contributed by atoms with Crippen molar-refractivity contribution >= 4 is 5.91 Å². The smallest absolute Gasteiger partial charge is 0.226 e. The normalized spacial score (nSPS) is 20.4. The van der Waals surface area contributed by atoms with Gasteiger partial charge in [0, 0.05) is 25.1 Å². The van der Waals surface area contributed by atoms with Crippen molar-refractivity contribution in [1.29, 1.82) is 0 Å². The Labute approximate surface area is 148 Å². The summed E-state index contributed by atoms with van der Waals surface area (Å²) in [6.45, 7) is 7.14. The number of hydrogen-bond acceptors (Lipinski definition) is 4. The van der Waals surface area contributed by atoms with Gasteiger partial charge in [0.25, 0.3) is 0 Å². The third-order valence-electron chi connectivity index (χ3n) is 4.89. The maximum Gasteiger partial charge on any atom is 0.226 e. The van der Waals surface area contributed by atoms with Crippen LogP contribution in [0.5, 0.6) is 0 Å². The minimum absolute atomic E-state index is 0.0351. The molecule has 5 nitrogen and oxygen atoms in total. The lowest BCUT2D eigenvalue weighted by Gasteiger charge is -2.31. The molecule has 0 aliphatic carbocycles. The van der Waals surface area contributed by atoms with Gasteiger partial charge in [-0.25, -0.2) is 0 Å². The highest BCUT2D eigenvalue weighted by molar-refractivity contribution is 5.79. The van der Waals surface area contributed by atoms with E-state index in [-0.39, 0.29) is 17.9 Å². The predicted molar refractivity (Wildman–Crippen MR) is 95.1 cm³/mol. The van der Waals surface area contributed by atoms with Crippen molar-refractivity contribution < 1.29 is 14.1 Å². The van der Waals surface area contributed by atoms with E-state index in [1.165, 1.54) is 5.56 Å². The molecular weight excluding hydrogens is 316 g/mol. The molecule has 2 heterocycles. The number of amides is 1. The van der Waals surface area contributed by atoms with E-state index in [0.29, 0.717) is 13.2 Å². The highest BCUT2D eigenvalue weighted by Gasteiger charge is 2.33. The molecular formula is C20H26N2O3. The molecule has 0 spiro atoms. The summed E-state index contributed by atoms with van der Waals surface area (Å²) in [7, 11) is 0. The summed E-state index contributed by atoms with van der Waals surface area (Å²) in [4.78, 5) is 12.8. The summed E-state index contributed by atoms with van der Waals surface area (Å²) in [5.74, 6) is 0.711. The summed E-state index contributed by atoms with van der Waals surface area (Å²) in [5.41, 5.74) is 4.10. The molecule has 1 fully saturated rings. The number of hydrogen-bond donors (Lipinski definition) is 1. The average Bonchev–Trinajstić information content (AvgIpc) is 3.00. The number of nitrogens with zero attached hydrogens (tertiary/aromatic N) is 1. The number of benzene rings is 1. The topological polar surface area (TPSA) is 64.4 Å². The van der Waals surface area contributed by atoms with Crippen LogP contribution in [0.2, 0.25) is 0 Å². The molecule has 1 aromatic heterocycles. The van der Waals surface area contributed by atoms with Gasteiger partial charge in [-0.3, -0.25) is 4.79 Å². The first kappa shape index (κ1) is 17.7. The minimum Gasteiger partial charge on any atom is -0.373 e. The van der Waals surface area contributed by atoms with E-state index in [0.717, 1.165) is 41.8 Å². The van der Waals surface area contributed by atoms with Crippen LogP contribution in [0.25, 0.3) is 0 Å². The van der Waals surface area contributed by atoms with Gasteiger partial charge in [0.05, 0.1) is 17.7 Å². The van der Waals surface area contributed by atoms with Crippen LogP contribution in [0.15, 0.2) is 28.8 Å². The Morgan fingerprint density at radius 1 is 1.28 bits per heavy atom. The molecule has 2 atom stereocenters. The quantitative estimate of drug-likeness (QED) is 0.901. The standard InChI is InChI=1S/C20H26N2O3/c1-4-18-17(14(3)22-25-18)12-21-20(23)16-6-5-11-24-19(16)15-9-7-13(2)8-10-15/h7-10,16,19H,4-6,11-12H2,1-3H3,(H,21,23)/t16-,19+/m1/s1. The van der Waals surface area contributed by atoms with Crippen molar-refractivity contribution in [2.24, 2.45) is 5.92 Å². The first-order chi connectivity index (χ1) is 12.1. The number of nitrogens with one attached hydrogen (secondary N) is 1. The fraction of sp³-hybridized carbons (Fsp3) is 0.500. The van der Waals surface area contributed by atoms with Crippen LogP contribution in [0.4, 0.5) is 0 Å². The monoisotopic (exact) mass is 342 g/mol. The molecule has 1 aliphatic heterocycles. The van der Waals surface area contributed by atoms with Gasteiger partial charge >= 0.3 is 0 Å². The maximum atomic E-state index is 12.8. The Morgan fingerprint density at radius 3 is 2.76 bits per heavy atom. The van der Waals surface area contributed by atoms with Gasteiger partial charge in [-0.15, -0.1) is 0 Å². The van der Waals surface area contributed by atoms with Gasteiger partial charge in [0.15, 0.2) is 0 Å². The highest BCUT2D eigenvalue weighted by atomic mass is 16.5. The van der Waals surface area contributed by atoms with Crippen molar-refractivity contribution in [2.45, 2.75) is 52.7 Å². The van der Waals surface area contributed by atoms with Crippen molar-refractivity contribution in [2.75, 3.05) is 6.61 Å². The molecule has 0 bridgehead atoms. The van der Waals surface area contributed by atoms with Crippen LogP contribution in [0.1, 0.15) is 54.0 Å². The molecule has 1 amide bonds.